The van der Waals surface area contributed by atoms with Crippen LogP contribution < -0.4 is 15.5 Å². The Morgan fingerprint density at radius 3 is 2.63 bits per heavy atom. The maximum Gasteiger partial charge on any atom is 0.329 e. The average Bonchev–Trinajstić information content (AvgIpc) is 3.47. The van der Waals surface area contributed by atoms with Crippen molar-refractivity contribution in [3.8, 4) is 0 Å². The molecule has 7 heteroatoms. The highest BCUT2D eigenvalue weighted by Crippen LogP contribution is 2.41. The normalized spacial score (nSPS) is 21.4. The van der Waals surface area contributed by atoms with E-state index in [4.69, 9.17) is 0 Å². The Morgan fingerprint density at radius 1 is 1.30 bits per heavy atom. The second-order valence-corrected chi connectivity index (χ2v) is 7.81. The number of nitrogens with one attached hydrogen (secondary N) is 2. The lowest BCUT2D eigenvalue weighted by Gasteiger charge is -2.42. The maximum absolute atomic E-state index is 13.1. The van der Waals surface area contributed by atoms with Gasteiger partial charge in [0.25, 0.3) is 11.6 Å². The minimum absolute atomic E-state index is 0.0476. The largest absolute Gasteiger partial charge is 0.359 e. The summed E-state index contributed by atoms with van der Waals surface area (Å²) < 4.78 is 0.705. The Morgan fingerprint density at radius 2 is 2.00 bits per heavy atom. The predicted octanol–water partition coefficient (Wildman–Crippen LogP) is 3.49. The molecule has 1 atom stereocenters. The number of aryl methyl sites for hydroxylation is 1. The number of hydrogen-bond acceptors (Lipinski definition) is 3. The topological polar surface area (TPSA) is 81.7 Å². The van der Waals surface area contributed by atoms with Crippen molar-refractivity contribution in [2.75, 3.05) is 10.2 Å². The maximum atomic E-state index is 13.1. The fourth-order valence-electron chi connectivity index (χ4n) is 3.27. The van der Waals surface area contributed by atoms with Gasteiger partial charge in [0.1, 0.15) is 0 Å². The van der Waals surface area contributed by atoms with E-state index in [-0.39, 0.29) is 6.04 Å². The molecule has 0 radical (unpaired) electrons. The van der Waals surface area contributed by atoms with Crippen LogP contribution in [0.4, 0.5) is 16.2 Å². The van der Waals surface area contributed by atoms with E-state index in [0.717, 1.165) is 29.7 Å². The van der Waals surface area contributed by atoms with E-state index in [9.17, 15) is 14.7 Å². The van der Waals surface area contributed by atoms with Gasteiger partial charge < -0.3 is 15.7 Å². The van der Waals surface area contributed by atoms with Crippen molar-refractivity contribution in [3.63, 3.8) is 0 Å². The minimum Gasteiger partial charge on any atom is -0.359 e. The molecule has 3 N–H and O–H groups in total. The number of carbonyl (C=O) groups is 2. The van der Waals surface area contributed by atoms with Crippen molar-refractivity contribution in [2.45, 2.75) is 38.0 Å². The molecule has 2 aromatic rings. The third-order valence-corrected chi connectivity index (χ3v) is 5.45. The number of aliphatic hydroxyl groups is 1. The van der Waals surface area contributed by atoms with Crippen molar-refractivity contribution in [1.29, 1.82) is 0 Å². The van der Waals surface area contributed by atoms with E-state index < -0.39 is 17.7 Å². The van der Waals surface area contributed by atoms with E-state index >= 15 is 0 Å². The van der Waals surface area contributed by atoms with Crippen molar-refractivity contribution in [3.05, 3.63) is 58.1 Å². The van der Waals surface area contributed by atoms with Crippen LogP contribution in [0.15, 0.2) is 46.9 Å². The third kappa shape index (κ3) is 3.11. The van der Waals surface area contributed by atoms with E-state index in [0.29, 0.717) is 21.4 Å². The minimum atomic E-state index is -2.14. The predicted molar refractivity (Wildman–Crippen MR) is 107 cm³/mol. The molecular formula is C20H20BrN3O3. The number of fused-ring (bicyclic) bond motifs is 1. The van der Waals surface area contributed by atoms with Gasteiger partial charge in [-0.1, -0.05) is 35.0 Å². The number of amides is 3. The summed E-state index contributed by atoms with van der Waals surface area (Å²) in [6.07, 6.45) is 2.61. The van der Waals surface area contributed by atoms with Crippen molar-refractivity contribution < 1.29 is 14.7 Å². The zero-order chi connectivity index (χ0) is 19.2. The molecule has 2 aliphatic rings. The summed E-state index contributed by atoms with van der Waals surface area (Å²) in [6.45, 7) is 2.04. The fraction of sp³-hybridized carbons (Fsp3) is 0.300. The number of nitrogens with zero attached hydrogens (tertiary/aromatic N) is 1. The number of hydrogen-bond donors (Lipinski definition) is 3. The van der Waals surface area contributed by atoms with Crippen LogP contribution in [0.3, 0.4) is 0 Å². The molecule has 6 nitrogen and oxygen atoms in total. The van der Waals surface area contributed by atoms with E-state index in [1.165, 1.54) is 0 Å². The van der Waals surface area contributed by atoms with Gasteiger partial charge in [-0.15, -0.1) is 0 Å². The standard InChI is InChI=1S/C20H20BrN3O3/c1-2-12-3-8-15(9-4-12)24-19(26)23-17-10-5-13(21)11-16(17)20(24,27)18(25)22-14-6-7-14/h3-5,8-11,14,27H,2,6-7H2,1H3,(H,22,25)(H,23,26)/t20-/m0/s1. The monoisotopic (exact) mass is 429 g/mol. The Hall–Kier alpha value is -2.38. The van der Waals surface area contributed by atoms with Crippen LogP contribution in [0.1, 0.15) is 30.9 Å². The van der Waals surface area contributed by atoms with Crippen LogP contribution in [-0.4, -0.2) is 23.1 Å². The van der Waals surface area contributed by atoms with Crippen LogP contribution in [0.25, 0.3) is 0 Å². The van der Waals surface area contributed by atoms with Gasteiger partial charge in [-0.3, -0.25) is 9.69 Å². The summed E-state index contributed by atoms with van der Waals surface area (Å²) >= 11 is 3.39. The number of rotatable bonds is 4. The van der Waals surface area contributed by atoms with Gasteiger partial charge in [0.15, 0.2) is 0 Å². The molecular weight excluding hydrogens is 410 g/mol. The molecule has 140 valence electrons. The van der Waals surface area contributed by atoms with Crippen LogP contribution in [0.5, 0.6) is 0 Å². The van der Waals surface area contributed by atoms with Crippen molar-refractivity contribution >= 4 is 39.2 Å². The molecule has 0 bridgehead atoms. The van der Waals surface area contributed by atoms with Gasteiger partial charge in [0.05, 0.1) is 5.69 Å². The van der Waals surface area contributed by atoms with Gasteiger partial charge in [-0.2, -0.15) is 0 Å². The van der Waals surface area contributed by atoms with Crippen LogP contribution in [0.2, 0.25) is 0 Å². The summed E-state index contributed by atoms with van der Waals surface area (Å²) in [4.78, 5) is 27.1. The molecule has 2 aromatic carbocycles. The Bertz CT molecular complexity index is 911. The van der Waals surface area contributed by atoms with Crippen molar-refractivity contribution in [2.24, 2.45) is 0 Å². The lowest BCUT2D eigenvalue weighted by Crippen LogP contribution is -2.62. The van der Waals surface area contributed by atoms with Crippen LogP contribution in [-0.2, 0) is 16.9 Å². The Balaban J connectivity index is 1.86. The number of urea groups is 1. The first-order valence-electron chi connectivity index (χ1n) is 8.97. The zero-order valence-electron chi connectivity index (χ0n) is 14.8. The molecule has 3 amide bonds. The quantitative estimate of drug-likeness (QED) is 0.695. The molecule has 0 unspecified atom stereocenters. The van der Waals surface area contributed by atoms with E-state index in [1.54, 1.807) is 30.3 Å². The highest BCUT2D eigenvalue weighted by atomic mass is 79.9. The van der Waals surface area contributed by atoms with Gasteiger partial charge in [-0.05, 0) is 55.2 Å². The van der Waals surface area contributed by atoms with Gasteiger partial charge in [0.2, 0.25) is 0 Å². The molecule has 1 heterocycles. The molecule has 0 aromatic heterocycles. The molecule has 1 saturated carbocycles. The SMILES string of the molecule is CCc1ccc(N2C(=O)Nc3ccc(Br)cc3[C@]2(O)C(=O)NC2CC2)cc1. The molecule has 1 aliphatic carbocycles. The van der Waals surface area contributed by atoms with Gasteiger partial charge in [0, 0.05) is 21.8 Å². The van der Waals surface area contributed by atoms with Gasteiger partial charge in [-0.25, -0.2) is 4.79 Å². The van der Waals surface area contributed by atoms with Crippen LogP contribution in [0, 0.1) is 0 Å². The van der Waals surface area contributed by atoms with Gasteiger partial charge >= 0.3 is 6.03 Å². The second kappa shape index (κ2) is 6.65. The number of halogens is 1. The fourth-order valence-corrected chi connectivity index (χ4v) is 3.64. The number of anilines is 2. The Labute approximate surface area is 165 Å². The molecule has 0 saturated heterocycles. The first kappa shape index (κ1) is 18.0. The first-order valence-corrected chi connectivity index (χ1v) is 9.76. The Kier molecular flexibility index (Phi) is 4.44. The average molecular weight is 430 g/mol. The lowest BCUT2D eigenvalue weighted by atomic mass is 9.94. The smallest absolute Gasteiger partial charge is 0.329 e. The third-order valence-electron chi connectivity index (χ3n) is 4.96. The molecule has 27 heavy (non-hydrogen) atoms. The highest BCUT2D eigenvalue weighted by Gasteiger charge is 2.53. The molecule has 1 fully saturated rings. The highest BCUT2D eigenvalue weighted by molar-refractivity contribution is 9.10. The summed E-state index contributed by atoms with van der Waals surface area (Å²) in [7, 11) is 0. The number of carbonyl (C=O) groups excluding carboxylic acids is 2. The van der Waals surface area contributed by atoms with E-state index in [2.05, 4.69) is 26.6 Å². The summed E-state index contributed by atoms with van der Waals surface area (Å²) in [5.74, 6) is -0.598. The van der Waals surface area contributed by atoms with Crippen LogP contribution >= 0.6 is 15.9 Å². The number of benzene rings is 2. The molecule has 4 rings (SSSR count). The summed E-state index contributed by atoms with van der Waals surface area (Å²) in [5.41, 5.74) is 0.152. The molecule has 0 spiro atoms. The second-order valence-electron chi connectivity index (χ2n) is 6.90. The van der Waals surface area contributed by atoms with E-state index in [1.807, 2.05) is 19.1 Å². The summed E-state index contributed by atoms with van der Waals surface area (Å²) in [6, 6.07) is 11.8. The summed E-state index contributed by atoms with van der Waals surface area (Å²) in [5, 5.41) is 17.2. The lowest BCUT2D eigenvalue weighted by molar-refractivity contribution is -0.140. The van der Waals surface area contributed by atoms with Crippen molar-refractivity contribution in [1.82, 2.24) is 5.32 Å². The molecule has 1 aliphatic heterocycles. The zero-order valence-corrected chi connectivity index (χ0v) is 16.4. The first-order chi connectivity index (χ1) is 12.9.